The van der Waals surface area contributed by atoms with Gasteiger partial charge in [-0.1, -0.05) is 0 Å². The van der Waals surface area contributed by atoms with E-state index in [1.165, 1.54) is 19.4 Å². The Morgan fingerprint density at radius 1 is 1.41 bits per heavy atom. The summed E-state index contributed by atoms with van der Waals surface area (Å²) in [5, 5.41) is 9.07. The molecule has 2 aromatic rings. The first-order valence-electron chi connectivity index (χ1n) is 6.65. The van der Waals surface area contributed by atoms with Gasteiger partial charge in [0.2, 0.25) is 5.28 Å². The summed E-state index contributed by atoms with van der Waals surface area (Å²) >= 11 is 5.98. The number of aromatic nitrogens is 3. The zero-order chi connectivity index (χ0) is 15.7. The van der Waals surface area contributed by atoms with Gasteiger partial charge in [-0.3, -0.25) is 4.98 Å². The number of halogens is 1. The van der Waals surface area contributed by atoms with Gasteiger partial charge in [-0.2, -0.15) is 5.26 Å². The molecule has 7 heteroatoms. The lowest BCUT2D eigenvalue weighted by molar-refractivity contribution is 0.0601. The second-order valence-corrected chi connectivity index (χ2v) is 5.28. The van der Waals surface area contributed by atoms with Crippen molar-refractivity contribution in [3.05, 3.63) is 40.4 Å². The van der Waals surface area contributed by atoms with Crippen LogP contribution in [0.3, 0.4) is 0 Å². The molecule has 3 rings (SSSR count). The van der Waals surface area contributed by atoms with Gasteiger partial charge in [0.1, 0.15) is 11.8 Å². The van der Waals surface area contributed by atoms with Gasteiger partial charge < -0.3 is 4.74 Å². The maximum Gasteiger partial charge on any atom is 0.340 e. The van der Waals surface area contributed by atoms with Crippen molar-refractivity contribution in [2.24, 2.45) is 0 Å². The Morgan fingerprint density at radius 2 is 2.18 bits per heavy atom. The van der Waals surface area contributed by atoms with Crippen molar-refractivity contribution >= 4 is 17.6 Å². The minimum atomic E-state index is -0.581. The number of carbonyl (C=O) groups excluding carboxylic acids is 1. The van der Waals surface area contributed by atoms with E-state index < -0.39 is 5.97 Å². The smallest absolute Gasteiger partial charge is 0.340 e. The molecule has 0 aromatic carbocycles. The lowest BCUT2D eigenvalue weighted by Crippen LogP contribution is -2.07. The summed E-state index contributed by atoms with van der Waals surface area (Å²) in [4.78, 5) is 24.5. The topological polar surface area (TPSA) is 88.8 Å². The zero-order valence-electron chi connectivity index (χ0n) is 11.7. The summed E-state index contributed by atoms with van der Waals surface area (Å²) < 4.78 is 4.75. The number of ether oxygens (including phenoxy) is 1. The Balaban J connectivity index is 2.15. The van der Waals surface area contributed by atoms with Gasteiger partial charge >= 0.3 is 5.97 Å². The quantitative estimate of drug-likeness (QED) is 0.639. The van der Waals surface area contributed by atoms with Crippen LogP contribution < -0.4 is 0 Å². The van der Waals surface area contributed by atoms with E-state index in [9.17, 15) is 4.79 Å². The number of esters is 1. The number of hydrogen-bond donors (Lipinski definition) is 0. The van der Waals surface area contributed by atoms with Crippen LogP contribution >= 0.6 is 11.6 Å². The Bertz CT molecular complexity index is 797. The minimum Gasteiger partial charge on any atom is -0.465 e. The second-order valence-electron chi connectivity index (χ2n) is 4.94. The van der Waals surface area contributed by atoms with Gasteiger partial charge in [0.05, 0.1) is 23.9 Å². The van der Waals surface area contributed by atoms with E-state index in [0.717, 1.165) is 18.5 Å². The van der Waals surface area contributed by atoms with E-state index in [1.807, 2.05) is 6.07 Å². The molecule has 0 saturated heterocycles. The number of nitriles is 1. The summed E-state index contributed by atoms with van der Waals surface area (Å²) in [6.07, 6.45) is 3.52. The molecule has 2 aromatic heterocycles. The highest BCUT2D eigenvalue weighted by atomic mass is 35.5. The molecule has 0 atom stereocenters. The predicted molar refractivity (Wildman–Crippen MR) is 78.3 cm³/mol. The van der Waals surface area contributed by atoms with Crippen molar-refractivity contribution in [3.8, 4) is 17.5 Å². The van der Waals surface area contributed by atoms with E-state index in [4.69, 9.17) is 21.6 Å². The molecular formula is C15H11ClN4O2. The summed E-state index contributed by atoms with van der Waals surface area (Å²) in [6.45, 7) is 0. The van der Waals surface area contributed by atoms with Crippen molar-refractivity contribution < 1.29 is 9.53 Å². The van der Waals surface area contributed by atoms with Gasteiger partial charge in [-0.25, -0.2) is 14.8 Å². The molecule has 1 aliphatic rings. The average molecular weight is 315 g/mol. The molecule has 2 heterocycles. The standard InChI is InChI=1S/C15H11ClN4O2/c1-22-14(21)10-4-8(6-17)7-18-13(10)12-5-11(9-2-3-9)19-15(16)20-12/h4-5,7,9H,2-3H2,1H3. The summed E-state index contributed by atoms with van der Waals surface area (Å²) in [5.41, 5.74) is 2.07. The number of rotatable bonds is 3. The molecule has 0 unspecified atom stereocenters. The number of hydrogen-bond acceptors (Lipinski definition) is 6. The molecule has 0 bridgehead atoms. The SMILES string of the molecule is COC(=O)c1cc(C#N)cnc1-c1cc(C2CC2)nc(Cl)n1. The summed E-state index contributed by atoms with van der Waals surface area (Å²) in [5.74, 6) is -0.193. The molecule has 0 amide bonds. The Hall–Kier alpha value is -2.52. The molecule has 0 spiro atoms. The highest BCUT2D eigenvalue weighted by Crippen LogP contribution is 2.40. The van der Waals surface area contributed by atoms with Crippen LogP contribution in [0.15, 0.2) is 18.3 Å². The van der Waals surface area contributed by atoms with Crippen LogP contribution in [0.1, 0.15) is 40.4 Å². The molecule has 22 heavy (non-hydrogen) atoms. The molecular weight excluding hydrogens is 304 g/mol. The fraction of sp³-hybridized carbons (Fsp3) is 0.267. The van der Waals surface area contributed by atoms with Crippen LogP contribution in [-0.2, 0) is 4.74 Å². The second kappa shape index (κ2) is 5.70. The molecule has 1 aliphatic carbocycles. The largest absolute Gasteiger partial charge is 0.465 e. The fourth-order valence-corrected chi connectivity index (χ4v) is 2.33. The van der Waals surface area contributed by atoms with E-state index in [-0.39, 0.29) is 16.4 Å². The van der Waals surface area contributed by atoms with Crippen molar-refractivity contribution in [1.29, 1.82) is 5.26 Å². The third-order valence-corrected chi connectivity index (χ3v) is 3.55. The van der Waals surface area contributed by atoms with E-state index in [2.05, 4.69) is 15.0 Å². The van der Waals surface area contributed by atoms with Crippen LogP contribution in [0, 0.1) is 11.3 Å². The zero-order valence-corrected chi connectivity index (χ0v) is 12.5. The Morgan fingerprint density at radius 3 is 2.82 bits per heavy atom. The Kier molecular flexibility index (Phi) is 3.73. The Labute approximate surface area is 131 Å². The number of carbonyl (C=O) groups is 1. The van der Waals surface area contributed by atoms with Gasteiger partial charge in [-0.15, -0.1) is 0 Å². The first-order valence-corrected chi connectivity index (χ1v) is 7.03. The monoisotopic (exact) mass is 314 g/mol. The number of nitrogens with zero attached hydrogens (tertiary/aromatic N) is 4. The minimum absolute atomic E-state index is 0.112. The van der Waals surface area contributed by atoms with E-state index in [0.29, 0.717) is 17.3 Å². The van der Waals surface area contributed by atoms with Gasteiger partial charge in [0.25, 0.3) is 0 Å². The molecule has 1 saturated carbocycles. The molecule has 6 nitrogen and oxygen atoms in total. The third-order valence-electron chi connectivity index (χ3n) is 3.38. The van der Waals surface area contributed by atoms with Crippen LogP contribution in [0.5, 0.6) is 0 Å². The predicted octanol–water partition coefficient (Wildman–Crippen LogP) is 2.73. The lowest BCUT2D eigenvalue weighted by Gasteiger charge is -2.08. The van der Waals surface area contributed by atoms with E-state index >= 15 is 0 Å². The number of pyridine rings is 1. The molecule has 1 fully saturated rings. The van der Waals surface area contributed by atoms with Crippen molar-refractivity contribution in [2.75, 3.05) is 7.11 Å². The van der Waals surface area contributed by atoms with Gasteiger partial charge in [0, 0.05) is 17.8 Å². The van der Waals surface area contributed by atoms with Crippen LogP contribution in [0.4, 0.5) is 0 Å². The normalized spacial score (nSPS) is 13.5. The van der Waals surface area contributed by atoms with E-state index in [1.54, 1.807) is 6.07 Å². The van der Waals surface area contributed by atoms with Crippen LogP contribution in [-0.4, -0.2) is 28.0 Å². The van der Waals surface area contributed by atoms with Crippen LogP contribution in [0.25, 0.3) is 11.4 Å². The first-order chi connectivity index (χ1) is 10.6. The summed E-state index contributed by atoms with van der Waals surface area (Å²) in [7, 11) is 1.27. The maximum absolute atomic E-state index is 11.9. The maximum atomic E-state index is 11.9. The molecule has 110 valence electrons. The van der Waals surface area contributed by atoms with Crippen LogP contribution in [0.2, 0.25) is 5.28 Å². The average Bonchev–Trinajstić information content (AvgIpc) is 3.37. The fourth-order valence-electron chi connectivity index (χ4n) is 2.14. The van der Waals surface area contributed by atoms with Gasteiger partial charge in [-0.05, 0) is 36.6 Å². The first kappa shape index (κ1) is 14.4. The number of methoxy groups -OCH3 is 1. The van der Waals surface area contributed by atoms with Crippen molar-refractivity contribution in [2.45, 2.75) is 18.8 Å². The highest BCUT2D eigenvalue weighted by molar-refractivity contribution is 6.28. The van der Waals surface area contributed by atoms with Crippen molar-refractivity contribution in [3.63, 3.8) is 0 Å². The lowest BCUT2D eigenvalue weighted by atomic mass is 10.1. The van der Waals surface area contributed by atoms with Crippen molar-refractivity contribution in [1.82, 2.24) is 15.0 Å². The molecule has 0 N–H and O–H groups in total. The summed E-state index contributed by atoms with van der Waals surface area (Å²) in [6, 6.07) is 5.16. The van der Waals surface area contributed by atoms with Gasteiger partial charge in [0.15, 0.2) is 0 Å². The third kappa shape index (κ3) is 2.76. The molecule has 0 aliphatic heterocycles. The highest BCUT2D eigenvalue weighted by Gasteiger charge is 2.27. The molecule has 0 radical (unpaired) electrons.